The van der Waals surface area contributed by atoms with Crippen LogP contribution < -0.4 is 5.32 Å². The standard InChI is InChI=1S/C13H28N2/c1-5-12(6-2)15(4)13-9-7-8-11(10-13)14-3/h11-14H,5-10H2,1-4H3. The van der Waals surface area contributed by atoms with Crippen LogP contribution in [0.25, 0.3) is 0 Å². The third-order valence-corrected chi connectivity index (χ3v) is 4.15. The van der Waals surface area contributed by atoms with E-state index in [4.69, 9.17) is 0 Å². The largest absolute Gasteiger partial charge is 0.317 e. The third-order valence-electron chi connectivity index (χ3n) is 4.15. The fourth-order valence-electron chi connectivity index (χ4n) is 2.96. The van der Waals surface area contributed by atoms with Crippen molar-refractivity contribution in [3.63, 3.8) is 0 Å². The fraction of sp³-hybridized carbons (Fsp3) is 1.00. The Bertz CT molecular complexity index is 166. The average molecular weight is 212 g/mol. The molecule has 0 aliphatic heterocycles. The summed E-state index contributed by atoms with van der Waals surface area (Å²) in [5, 5.41) is 3.44. The number of nitrogens with one attached hydrogen (secondary N) is 1. The Morgan fingerprint density at radius 2 is 1.93 bits per heavy atom. The van der Waals surface area contributed by atoms with Crippen LogP contribution in [-0.4, -0.2) is 37.1 Å². The van der Waals surface area contributed by atoms with E-state index in [-0.39, 0.29) is 0 Å². The second kappa shape index (κ2) is 6.49. The van der Waals surface area contributed by atoms with Crippen molar-refractivity contribution in [3.8, 4) is 0 Å². The maximum absolute atomic E-state index is 3.44. The van der Waals surface area contributed by atoms with Crippen LogP contribution >= 0.6 is 0 Å². The molecule has 1 rings (SSSR count). The van der Waals surface area contributed by atoms with Gasteiger partial charge in [-0.15, -0.1) is 0 Å². The summed E-state index contributed by atoms with van der Waals surface area (Å²) in [6, 6.07) is 2.34. The summed E-state index contributed by atoms with van der Waals surface area (Å²) in [5.41, 5.74) is 0. The smallest absolute Gasteiger partial charge is 0.0110 e. The van der Waals surface area contributed by atoms with E-state index in [9.17, 15) is 0 Å². The van der Waals surface area contributed by atoms with Crippen LogP contribution in [-0.2, 0) is 0 Å². The van der Waals surface area contributed by atoms with E-state index in [0.717, 1.165) is 18.1 Å². The summed E-state index contributed by atoms with van der Waals surface area (Å²) < 4.78 is 0. The Labute approximate surface area is 95.4 Å². The van der Waals surface area contributed by atoms with Crippen molar-refractivity contribution < 1.29 is 0 Å². The normalized spacial score (nSPS) is 27.6. The summed E-state index contributed by atoms with van der Waals surface area (Å²) in [6.07, 6.45) is 8.06. The van der Waals surface area contributed by atoms with E-state index in [1.807, 2.05) is 0 Å². The van der Waals surface area contributed by atoms with Crippen molar-refractivity contribution in [3.05, 3.63) is 0 Å². The molecule has 0 radical (unpaired) electrons. The summed E-state index contributed by atoms with van der Waals surface area (Å²) in [7, 11) is 4.42. The van der Waals surface area contributed by atoms with Crippen LogP contribution in [0.3, 0.4) is 0 Å². The van der Waals surface area contributed by atoms with E-state index >= 15 is 0 Å². The first kappa shape index (κ1) is 13.0. The van der Waals surface area contributed by atoms with Gasteiger partial charge in [-0.3, -0.25) is 0 Å². The van der Waals surface area contributed by atoms with Crippen LogP contribution in [0.15, 0.2) is 0 Å². The lowest BCUT2D eigenvalue weighted by molar-refractivity contribution is 0.118. The van der Waals surface area contributed by atoms with Gasteiger partial charge in [0.15, 0.2) is 0 Å². The van der Waals surface area contributed by atoms with Gasteiger partial charge in [-0.25, -0.2) is 0 Å². The Morgan fingerprint density at radius 1 is 1.27 bits per heavy atom. The van der Waals surface area contributed by atoms with Gasteiger partial charge in [-0.2, -0.15) is 0 Å². The highest BCUT2D eigenvalue weighted by Crippen LogP contribution is 2.24. The van der Waals surface area contributed by atoms with Crippen LogP contribution in [0.2, 0.25) is 0 Å². The zero-order valence-electron chi connectivity index (χ0n) is 10.9. The molecule has 2 atom stereocenters. The fourth-order valence-corrected chi connectivity index (χ4v) is 2.96. The predicted molar refractivity (Wildman–Crippen MR) is 67.2 cm³/mol. The van der Waals surface area contributed by atoms with Crippen molar-refractivity contribution in [1.82, 2.24) is 10.2 Å². The van der Waals surface area contributed by atoms with E-state index < -0.39 is 0 Å². The van der Waals surface area contributed by atoms with E-state index in [0.29, 0.717) is 0 Å². The van der Waals surface area contributed by atoms with Gasteiger partial charge in [-0.05, 0) is 46.2 Å². The summed E-state index contributed by atoms with van der Waals surface area (Å²) in [6.45, 7) is 4.62. The second-order valence-corrected chi connectivity index (χ2v) is 4.94. The summed E-state index contributed by atoms with van der Waals surface area (Å²) in [4.78, 5) is 2.63. The van der Waals surface area contributed by atoms with Crippen molar-refractivity contribution in [2.24, 2.45) is 0 Å². The molecule has 0 spiro atoms. The molecular weight excluding hydrogens is 184 g/mol. The number of hydrogen-bond acceptors (Lipinski definition) is 2. The molecule has 90 valence electrons. The number of nitrogens with zero attached hydrogens (tertiary/aromatic N) is 1. The van der Waals surface area contributed by atoms with Crippen molar-refractivity contribution in [2.75, 3.05) is 14.1 Å². The van der Waals surface area contributed by atoms with E-state index in [2.05, 4.69) is 38.2 Å². The molecule has 1 fully saturated rings. The maximum atomic E-state index is 3.44. The minimum atomic E-state index is 0.751. The molecule has 15 heavy (non-hydrogen) atoms. The highest BCUT2D eigenvalue weighted by atomic mass is 15.2. The molecule has 1 aliphatic carbocycles. The van der Waals surface area contributed by atoms with Gasteiger partial charge in [0.1, 0.15) is 0 Å². The Hall–Kier alpha value is -0.0800. The topological polar surface area (TPSA) is 15.3 Å². The van der Waals surface area contributed by atoms with Gasteiger partial charge < -0.3 is 10.2 Å². The molecule has 1 saturated carbocycles. The average Bonchev–Trinajstić information content (AvgIpc) is 2.30. The number of rotatable bonds is 5. The van der Waals surface area contributed by atoms with Gasteiger partial charge >= 0.3 is 0 Å². The van der Waals surface area contributed by atoms with E-state index in [1.165, 1.54) is 38.5 Å². The van der Waals surface area contributed by atoms with Gasteiger partial charge in [0.05, 0.1) is 0 Å². The zero-order valence-corrected chi connectivity index (χ0v) is 10.9. The quantitative estimate of drug-likeness (QED) is 0.753. The molecule has 0 bridgehead atoms. The molecule has 0 saturated heterocycles. The Morgan fingerprint density at radius 3 is 2.47 bits per heavy atom. The molecule has 2 unspecified atom stereocenters. The molecular formula is C13H28N2. The third kappa shape index (κ3) is 3.46. The molecule has 0 aromatic heterocycles. The molecule has 2 nitrogen and oxygen atoms in total. The molecule has 0 heterocycles. The lowest BCUT2D eigenvalue weighted by Crippen LogP contribution is -2.45. The molecule has 1 aliphatic rings. The maximum Gasteiger partial charge on any atom is 0.0110 e. The lowest BCUT2D eigenvalue weighted by atomic mass is 9.89. The molecule has 0 aromatic rings. The van der Waals surface area contributed by atoms with E-state index in [1.54, 1.807) is 0 Å². The van der Waals surface area contributed by atoms with Crippen LogP contribution in [0.4, 0.5) is 0 Å². The van der Waals surface area contributed by atoms with Crippen LogP contribution in [0, 0.1) is 0 Å². The minimum Gasteiger partial charge on any atom is -0.317 e. The van der Waals surface area contributed by atoms with Gasteiger partial charge in [0.25, 0.3) is 0 Å². The van der Waals surface area contributed by atoms with Gasteiger partial charge in [0.2, 0.25) is 0 Å². The Kier molecular flexibility index (Phi) is 5.62. The van der Waals surface area contributed by atoms with Gasteiger partial charge in [-0.1, -0.05) is 20.3 Å². The van der Waals surface area contributed by atoms with Crippen molar-refractivity contribution in [2.45, 2.75) is 70.5 Å². The van der Waals surface area contributed by atoms with Crippen molar-refractivity contribution >= 4 is 0 Å². The lowest BCUT2D eigenvalue weighted by Gasteiger charge is -2.39. The monoisotopic (exact) mass is 212 g/mol. The Balaban J connectivity index is 2.47. The molecule has 2 heteroatoms. The molecule has 0 amide bonds. The highest BCUT2D eigenvalue weighted by molar-refractivity contribution is 4.84. The molecule has 0 aromatic carbocycles. The SMILES string of the molecule is CCC(CC)N(C)C1CCCC(NC)C1. The number of hydrogen-bond donors (Lipinski definition) is 1. The minimum absolute atomic E-state index is 0.751. The first-order valence-electron chi connectivity index (χ1n) is 6.62. The highest BCUT2D eigenvalue weighted by Gasteiger charge is 2.26. The second-order valence-electron chi connectivity index (χ2n) is 4.94. The van der Waals surface area contributed by atoms with Crippen LogP contribution in [0.1, 0.15) is 52.4 Å². The first-order valence-corrected chi connectivity index (χ1v) is 6.62. The predicted octanol–water partition coefficient (Wildman–Crippen LogP) is 2.64. The van der Waals surface area contributed by atoms with Gasteiger partial charge in [0, 0.05) is 18.1 Å². The van der Waals surface area contributed by atoms with Crippen LogP contribution in [0.5, 0.6) is 0 Å². The first-order chi connectivity index (χ1) is 7.22. The zero-order chi connectivity index (χ0) is 11.3. The summed E-state index contributed by atoms with van der Waals surface area (Å²) in [5.74, 6) is 0. The summed E-state index contributed by atoms with van der Waals surface area (Å²) >= 11 is 0. The molecule has 1 N–H and O–H groups in total. The van der Waals surface area contributed by atoms with Crippen molar-refractivity contribution in [1.29, 1.82) is 0 Å².